The highest BCUT2D eigenvalue weighted by Crippen LogP contribution is 2.19. The van der Waals surface area contributed by atoms with Gasteiger partial charge in [-0.1, -0.05) is 24.3 Å². The molecular weight excluding hydrogens is 326 g/mol. The summed E-state index contributed by atoms with van der Waals surface area (Å²) < 4.78 is 5.56. The summed E-state index contributed by atoms with van der Waals surface area (Å²) in [6.07, 6.45) is 7.61. The summed E-state index contributed by atoms with van der Waals surface area (Å²) in [5, 5.41) is 2.89. The first-order chi connectivity index (χ1) is 12.8. The van der Waals surface area contributed by atoms with Gasteiger partial charge in [-0.15, -0.1) is 0 Å². The minimum atomic E-state index is -0.139. The molecule has 0 unspecified atom stereocenters. The summed E-state index contributed by atoms with van der Waals surface area (Å²) in [5.74, 6) is 1.66. The van der Waals surface area contributed by atoms with Crippen LogP contribution in [-0.2, 0) is 11.3 Å². The Labute approximate surface area is 154 Å². The number of pyridine rings is 1. The van der Waals surface area contributed by atoms with E-state index in [9.17, 15) is 4.79 Å². The Kier molecular flexibility index (Phi) is 6.25. The molecule has 0 aliphatic carbocycles. The highest BCUT2D eigenvalue weighted by molar-refractivity contribution is 5.92. The van der Waals surface area contributed by atoms with Crippen molar-refractivity contribution in [2.75, 3.05) is 24.6 Å². The average Bonchev–Trinajstić information content (AvgIpc) is 3.21. The van der Waals surface area contributed by atoms with Crippen molar-refractivity contribution in [3.05, 3.63) is 59.8 Å². The molecule has 0 atom stereocenters. The van der Waals surface area contributed by atoms with Crippen LogP contribution in [-0.4, -0.2) is 30.6 Å². The van der Waals surface area contributed by atoms with Gasteiger partial charge in [0.15, 0.2) is 0 Å². The number of ether oxygens (including phenoxy) is 1. The van der Waals surface area contributed by atoms with Gasteiger partial charge in [-0.25, -0.2) is 4.98 Å². The molecule has 3 rings (SSSR count). The van der Waals surface area contributed by atoms with E-state index in [0.29, 0.717) is 13.2 Å². The number of hydrogen-bond acceptors (Lipinski definition) is 4. The van der Waals surface area contributed by atoms with E-state index in [1.165, 1.54) is 18.9 Å². The molecule has 5 nitrogen and oxygen atoms in total. The third kappa shape index (κ3) is 4.85. The Morgan fingerprint density at radius 1 is 1.23 bits per heavy atom. The largest absolute Gasteiger partial charge is 0.493 e. The maximum atomic E-state index is 12.1. The van der Waals surface area contributed by atoms with E-state index in [-0.39, 0.29) is 5.91 Å². The molecule has 2 aromatic rings. The van der Waals surface area contributed by atoms with Crippen molar-refractivity contribution in [2.45, 2.75) is 26.3 Å². The number of para-hydroxylation sites is 1. The second-order valence-electron chi connectivity index (χ2n) is 6.24. The molecule has 5 heteroatoms. The maximum absolute atomic E-state index is 12.1. The van der Waals surface area contributed by atoms with Gasteiger partial charge in [-0.3, -0.25) is 4.79 Å². The fourth-order valence-corrected chi connectivity index (χ4v) is 2.97. The number of aromatic nitrogens is 1. The zero-order valence-electron chi connectivity index (χ0n) is 15.1. The van der Waals surface area contributed by atoms with Gasteiger partial charge in [0, 0.05) is 37.5 Å². The molecule has 1 aliphatic rings. The topological polar surface area (TPSA) is 54.5 Å². The molecule has 136 valence electrons. The minimum Gasteiger partial charge on any atom is -0.493 e. The van der Waals surface area contributed by atoms with Gasteiger partial charge in [-0.2, -0.15) is 0 Å². The number of hydrogen-bond donors (Lipinski definition) is 1. The van der Waals surface area contributed by atoms with Crippen molar-refractivity contribution in [1.82, 2.24) is 10.3 Å². The van der Waals surface area contributed by atoms with Gasteiger partial charge in [0.05, 0.1) is 6.61 Å². The number of nitrogens with zero attached hydrogens (tertiary/aromatic N) is 2. The summed E-state index contributed by atoms with van der Waals surface area (Å²) in [5.41, 5.74) is 1.88. The number of benzene rings is 1. The van der Waals surface area contributed by atoms with Crippen LogP contribution in [0, 0.1) is 0 Å². The molecule has 26 heavy (non-hydrogen) atoms. The Bertz CT molecular complexity index is 750. The first-order valence-corrected chi connectivity index (χ1v) is 9.14. The molecule has 1 amide bonds. The molecular formula is C21H25N3O2. The van der Waals surface area contributed by atoms with E-state index in [0.717, 1.165) is 35.8 Å². The Hall–Kier alpha value is -2.82. The number of nitrogens with one attached hydrogen (secondary N) is 1. The third-order valence-corrected chi connectivity index (χ3v) is 4.34. The molecule has 2 heterocycles. The molecule has 0 spiro atoms. The molecule has 1 saturated heterocycles. The van der Waals surface area contributed by atoms with Crippen molar-refractivity contribution in [3.63, 3.8) is 0 Å². The first kappa shape index (κ1) is 18.0. The van der Waals surface area contributed by atoms with Crippen LogP contribution in [0.3, 0.4) is 0 Å². The highest BCUT2D eigenvalue weighted by atomic mass is 16.5. The monoisotopic (exact) mass is 351 g/mol. The second kappa shape index (κ2) is 9.04. The molecule has 0 radical (unpaired) electrons. The number of carbonyl (C=O) groups excluding carboxylic acids is 1. The minimum absolute atomic E-state index is 0.139. The molecule has 1 aliphatic heterocycles. The SMILES string of the molecule is CCOc1ccccc1/C=C/C(=O)NCc1ccc(N2CCCC2)nc1. The van der Waals surface area contributed by atoms with E-state index in [4.69, 9.17) is 4.74 Å². The summed E-state index contributed by atoms with van der Waals surface area (Å²) >= 11 is 0. The normalized spacial score (nSPS) is 14.0. The molecule has 1 aromatic carbocycles. The highest BCUT2D eigenvalue weighted by Gasteiger charge is 2.12. The van der Waals surface area contributed by atoms with Crippen LogP contribution in [0.25, 0.3) is 6.08 Å². The van der Waals surface area contributed by atoms with Crippen molar-refractivity contribution < 1.29 is 9.53 Å². The summed E-state index contributed by atoms with van der Waals surface area (Å²) in [7, 11) is 0. The van der Waals surface area contributed by atoms with Crippen LogP contribution in [0.2, 0.25) is 0 Å². The first-order valence-electron chi connectivity index (χ1n) is 9.14. The molecule has 1 N–H and O–H groups in total. The zero-order chi connectivity index (χ0) is 18.2. The Morgan fingerprint density at radius 3 is 2.77 bits per heavy atom. The lowest BCUT2D eigenvalue weighted by Gasteiger charge is -2.16. The quantitative estimate of drug-likeness (QED) is 0.777. The molecule has 1 fully saturated rings. The fourth-order valence-electron chi connectivity index (χ4n) is 2.97. The zero-order valence-corrected chi connectivity index (χ0v) is 15.1. The third-order valence-electron chi connectivity index (χ3n) is 4.34. The van der Waals surface area contributed by atoms with Gasteiger partial charge in [0.1, 0.15) is 11.6 Å². The molecule has 1 aromatic heterocycles. The Balaban J connectivity index is 1.52. The summed E-state index contributed by atoms with van der Waals surface area (Å²) in [6, 6.07) is 11.7. The van der Waals surface area contributed by atoms with Gasteiger partial charge in [0.2, 0.25) is 5.91 Å². The lowest BCUT2D eigenvalue weighted by Crippen LogP contribution is -2.21. The number of amides is 1. The van der Waals surface area contributed by atoms with E-state index in [1.54, 1.807) is 6.08 Å². The van der Waals surface area contributed by atoms with E-state index in [2.05, 4.69) is 15.2 Å². The van der Waals surface area contributed by atoms with Crippen LogP contribution in [0.15, 0.2) is 48.7 Å². The van der Waals surface area contributed by atoms with Crippen LogP contribution in [0.1, 0.15) is 30.9 Å². The van der Waals surface area contributed by atoms with Crippen LogP contribution >= 0.6 is 0 Å². The second-order valence-corrected chi connectivity index (χ2v) is 6.24. The maximum Gasteiger partial charge on any atom is 0.244 e. The van der Waals surface area contributed by atoms with Crippen LogP contribution < -0.4 is 15.0 Å². The van der Waals surface area contributed by atoms with Crippen molar-refractivity contribution in [3.8, 4) is 5.75 Å². The van der Waals surface area contributed by atoms with Gasteiger partial charge < -0.3 is 15.0 Å². The van der Waals surface area contributed by atoms with Crippen molar-refractivity contribution >= 4 is 17.8 Å². The van der Waals surface area contributed by atoms with E-state index in [1.807, 2.05) is 49.5 Å². The number of rotatable bonds is 7. The van der Waals surface area contributed by atoms with Crippen molar-refractivity contribution in [1.29, 1.82) is 0 Å². The average molecular weight is 351 g/mol. The van der Waals surface area contributed by atoms with Crippen LogP contribution in [0.4, 0.5) is 5.82 Å². The summed E-state index contributed by atoms with van der Waals surface area (Å²) in [6.45, 7) is 5.16. The predicted molar refractivity (Wildman–Crippen MR) is 104 cm³/mol. The standard InChI is InChI=1S/C21H25N3O2/c1-2-26-19-8-4-3-7-18(19)10-12-21(25)23-16-17-9-11-20(22-15-17)24-13-5-6-14-24/h3-4,7-12,15H,2,5-6,13-14,16H2,1H3,(H,23,25)/b12-10+. The lowest BCUT2D eigenvalue weighted by atomic mass is 10.2. The predicted octanol–water partition coefficient (Wildman–Crippen LogP) is 3.41. The number of carbonyl (C=O) groups is 1. The van der Waals surface area contributed by atoms with Gasteiger partial charge in [-0.05, 0) is 43.5 Å². The molecule has 0 saturated carbocycles. The van der Waals surface area contributed by atoms with E-state index < -0.39 is 0 Å². The van der Waals surface area contributed by atoms with Crippen LogP contribution in [0.5, 0.6) is 5.75 Å². The van der Waals surface area contributed by atoms with Crippen molar-refractivity contribution in [2.24, 2.45) is 0 Å². The van der Waals surface area contributed by atoms with Gasteiger partial charge >= 0.3 is 0 Å². The lowest BCUT2D eigenvalue weighted by molar-refractivity contribution is -0.116. The van der Waals surface area contributed by atoms with E-state index >= 15 is 0 Å². The Morgan fingerprint density at radius 2 is 2.04 bits per heavy atom. The van der Waals surface area contributed by atoms with Gasteiger partial charge in [0.25, 0.3) is 0 Å². The molecule has 0 bridgehead atoms. The smallest absolute Gasteiger partial charge is 0.244 e. The number of anilines is 1. The summed E-state index contributed by atoms with van der Waals surface area (Å²) in [4.78, 5) is 18.9. The fraction of sp³-hybridized carbons (Fsp3) is 0.333.